The van der Waals surface area contributed by atoms with E-state index < -0.39 is 0 Å². The second-order valence-corrected chi connectivity index (χ2v) is 20.9. The number of benzene rings is 8. The summed E-state index contributed by atoms with van der Waals surface area (Å²) in [5.74, 6) is -1.93. The van der Waals surface area contributed by atoms with Gasteiger partial charge in [-0.15, -0.1) is 0 Å². The minimum atomic E-state index is -0.242. The van der Waals surface area contributed by atoms with Gasteiger partial charge in [0, 0.05) is 44.5 Å². The zero-order valence-electron chi connectivity index (χ0n) is 48.3. The molecule has 0 aliphatic carbocycles. The minimum Gasteiger partial charge on any atom is -0.369 e. The Kier molecular flexibility index (Phi) is 23.4. The molecule has 0 saturated carbocycles. The summed E-state index contributed by atoms with van der Waals surface area (Å²) in [5, 5.41) is 0. The molecule has 8 aromatic rings. The van der Waals surface area contributed by atoms with E-state index in [0.717, 1.165) is 44.5 Å². The molecule has 0 radical (unpaired) electrons. The van der Waals surface area contributed by atoms with Gasteiger partial charge in [0.05, 0.1) is 52.9 Å². The summed E-state index contributed by atoms with van der Waals surface area (Å²) in [6, 6.07) is 55.0. The van der Waals surface area contributed by atoms with Crippen LogP contribution in [-0.4, -0.2) is 99.1 Å². The van der Waals surface area contributed by atoms with Gasteiger partial charge in [-0.2, -0.15) is 0 Å². The van der Waals surface area contributed by atoms with Crippen molar-refractivity contribution in [2.45, 2.75) is 52.9 Å². The number of carbonyl (C=O) groups excluding carboxylic acids is 8. The summed E-state index contributed by atoms with van der Waals surface area (Å²) in [6.07, 6.45) is 0. The average molecular weight is 1190 g/mol. The molecular weight excluding hydrogens is 1120 g/mol. The van der Waals surface area contributed by atoms with Gasteiger partial charge < -0.3 is 37.9 Å². The lowest BCUT2D eigenvalue weighted by atomic mass is 10.1. The van der Waals surface area contributed by atoms with Crippen LogP contribution in [-0.2, 0) is 90.7 Å². The van der Waals surface area contributed by atoms with Crippen molar-refractivity contribution in [1.29, 1.82) is 0 Å². The first kappa shape index (κ1) is 63.3. The van der Waals surface area contributed by atoms with Crippen molar-refractivity contribution in [2.24, 2.45) is 0 Å². The molecule has 16 bridgehead atoms. The third-order valence-corrected chi connectivity index (χ3v) is 14.2. The fourth-order valence-electron chi connectivity index (χ4n) is 9.05. The predicted octanol–water partition coefficient (Wildman–Crippen LogP) is 11.2. The van der Waals surface area contributed by atoms with Gasteiger partial charge in [0.15, 0.2) is 46.3 Å². The molecule has 0 unspecified atom stereocenters. The largest absolute Gasteiger partial charge is 0.369 e. The van der Waals surface area contributed by atoms with E-state index in [1.165, 1.54) is 0 Å². The van der Waals surface area contributed by atoms with E-state index in [-0.39, 0.29) is 152 Å². The molecule has 16 heteroatoms. The number of rotatable bonds is 0. The van der Waals surface area contributed by atoms with E-state index in [1.807, 2.05) is 97.1 Å². The van der Waals surface area contributed by atoms with Crippen molar-refractivity contribution in [3.63, 3.8) is 0 Å². The SMILES string of the molecule is O=C1COCc2ccc(cc2)COCC(=O)c2ccc(cc2)C(=O)COCc2ccc(cc2)COCC(=O)c2ccc(cc2)C(=O)COCc2ccc(cc2)COCC(=O)c2ccc(cc2)C(=O)COCc2ccc(cc2)COCC(=O)c2ccc1cc2. The maximum atomic E-state index is 12.9. The van der Waals surface area contributed by atoms with E-state index >= 15 is 0 Å². The van der Waals surface area contributed by atoms with Crippen molar-refractivity contribution in [3.8, 4) is 0 Å². The molecule has 0 amide bonds. The maximum absolute atomic E-state index is 12.9. The number of hydrogen-bond donors (Lipinski definition) is 0. The number of hydrogen-bond acceptors (Lipinski definition) is 16. The van der Waals surface area contributed by atoms with Crippen LogP contribution < -0.4 is 0 Å². The first-order valence-electron chi connectivity index (χ1n) is 28.5. The summed E-state index contributed by atoms with van der Waals surface area (Å²) in [5.41, 5.74) is 9.90. The Hall–Kier alpha value is -9.20. The second-order valence-electron chi connectivity index (χ2n) is 20.9. The lowest BCUT2D eigenvalue weighted by molar-refractivity contribution is 0.0714. The van der Waals surface area contributed by atoms with Gasteiger partial charge in [-0.05, 0) is 44.5 Å². The summed E-state index contributed by atoms with van der Waals surface area (Å²) < 4.78 is 45.6. The Morgan fingerprint density at radius 3 is 0.318 bits per heavy atom. The molecule has 13 aliphatic rings. The van der Waals surface area contributed by atoms with E-state index in [4.69, 9.17) is 37.9 Å². The van der Waals surface area contributed by atoms with Gasteiger partial charge in [0.25, 0.3) is 0 Å². The van der Waals surface area contributed by atoms with Crippen LogP contribution in [0.25, 0.3) is 0 Å². The highest BCUT2D eigenvalue weighted by molar-refractivity contribution is 6.03. The highest BCUT2D eigenvalue weighted by atomic mass is 16.5. The van der Waals surface area contributed by atoms with Crippen LogP contribution in [0.3, 0.4) is 0 Å². The van der Waals surface area contributed by atoms with Crippen LogP contribution in [0.2, 0.25) is 0 Å². The predicted molar refractivity (Wildman–Crippen MR) is 323 cm³/mol. The fourth-order valence-corrected chi connectivity index (χ4v) is 9.05. The molecule has 16 nitrogen and oxygen atoms in total. The Bertz CT molecular complexity index is 2940. The zero-order chi connectivity index (χ0) is 61.5. The lowest BCUT2D eigenvalue weighted by Gasteiger charge is -2.09. The van der Waals surface area contributed by atoms with Gasteiger partial charge in [-0.1, -0.05) is 194 Å². The van der Waals surface area contributed by atoms with Gasteiger partial charge in [0.2, 0.25) is 0 Å². The van der Waals surface area contributed by atoms with Crippen LogP contribution >= 0.6 is 0 Å². The third-order valence-electron chi connectivity index (χ3n) is 14.2. The fraction of sp³-hybridized carbons (Fsp3) is 0.222. The summed E-state index contributed by atoms with van der Waals surface area (Å²) in [6.45, 7) is 0.218. The Labute approximate surface area is 509 Å². The second kappa shape index (κ2) is 32.5. The molecule has 0 N–H and O–H groups in total. The number of Topliss-reactive ketones (excluding diaryl/α,β-unsaturated/α-hetero) is 8. The quantitative estimate of drug-likeness (QED) is 0.138. The van der Waals surface area contributed by atoms with Crippen LogP contribution in [0, 0.1) is 0 Å². The zero-order valence-corrected chi connectivity index (χ0v) is 48.3. The Balaban J connectivity index is 0.744. The molecule has 448 valence electrons. The summed E-state index contributed by atoms with van der Waals surface area (Å²) >= 11 is 0. The van der Waals surface area contributed by atoms with Crippen LogP contribution in [0.15, 0.2) is 194 Å². The molecule has 0 fully saturated rings. The molecule has 21 rings (SSSR count). The monoisotopic (exact) mass is 1180 g/mol. The molecule has 0 spiro atoms. The molecule has 0 atom stereocenters. The topological polar surface area (TPSA) is 210 Å². The van der Waals surface area contributed by atoms with E-state index in [2.05, 4.69) is 0 Å². The van der Waals surface area contributed by atoms with Crippen molar-refractivity contribution in [3.05, 3.63) is 283 Å². The minimum absolute atomic E-state index is 0.163. The Morgan fingerprint density at radius 2 is 0.227 bits per heavy atom. The average Bonchev–Trinajstić information content (AvgIpc) is 3.73. The maximum Gasteiger partial charge on any atom is 0.188 e. The molecule has 13 aliphatic heterocycles. The van der Waals surface area contributed by atoms with Crippen molar-refractivity contribution in [2.75, 3.05) is 52.9 Å². The standard InChI is InChI=1S/C72H64O16/c73-65-41-81-33-49-1-2-50(4-3-49)34-82-42-66(74)58-21-23-60(24-22-58)68(76)44-84-36-52-9-11-54(12-10-52)38-86-46-70(78)62-29-31-64(32-30-62)72(80)48-88-40-56-15-13-55(14-16-56)39-87-47-71(79)63-27-25-61(26-28-63)69(77)45-85-37-53-7-5-51(6-8-53)35-83-43-67(75)59-19-17-57(65)18-20-59/h1-32H,33-48H2. The molecule has 13 heterocycles. The van der Waals surface area contributed by atoms with E-state index in [9.17, 15) is 38.4 Å². The van der Waals surface area contributed by atoms with Crippen molar-refractivity contribution >= 4 is 46.3 Å². The molecule has 88 heavy (non-hydrogen) atoms. The number of ether oxygens (including phenoxy) is 8. The smallest absolute Gasteiger partial charge is 0.188 e. The van der Waals surface area contributed by atoms with Gasteiger partial charge in [-0.3, -0.25) is 38.4 Å². The molecule has 8 aromatic carbocycles. The van der Waals surface area contributed by atoms with Gasteiger partial charge >= 0.3 is 0 Å². The first-order valence-corrected chi connectivity index (χ1v) is 28.5. The normalized spacial score (nSPS) is 16.2. The summed E-state index contributed by atoms with van der Waals surface area (Å²) in [7, 11) is 0. The highest BCUT2D eigenvalue weighted by Gasteiger charge is 2.16. The molecule has 0 aromatic heterocycles. The van der Waals surface area contributed by atoms with E-state index in [0.29, 0.717) is 44.5 Å². The molecule has 0 saturated heterocycles. The van der Waals surface area contributed by atoms with Gasteiger partial charge in [-0.25, -0.2) is 0 Å². The lowest BCUT2D eigenvalue weighted by Crippen LogP contribution is -2.12. The van der Waals surface area contributed by atoms with Crippen LogP contribution in [0.5, 0.6) is 0 Å². The summed E-state index contributed by atoms with van der Waals surface area (Å²) in [4.78, 5) is 103. The third kappa shape index (κ3) is 19.4. The Morgan fingerprint density at radius 1 is 0.136 bits per heavy atom. The highest BCUT2D eigenvalue weighted by Crippen LogP contribution is 2.17. The van der Waals surface area contributed by atoms with Gasteiger partial charge in [0.1, 0.15) is 52.9 Å². The van der Waals surface area contributed by atoms with Crippen molar-refractivity contribution < 1.29 is 76.3 Å². The van der Waals surface area contributed by atoms with E-state index in [1.54, 1.807) is 97.1 Å². The first-order chi connectivity index (χ1) is 42.9. The van der Waals surface area contributed by atoms with Crippen LogP contribution in [0.4, 0.5) is 0 Å². The van der Waals surface area contributed by atoms with Crippen LogP contribution in [0.1, 0.15) is 127 Å². The number of ketones is 8. The number of carbonyl (C=O) groups is 8. The molecular formula is C72H64O16. The van der Waals surface area contributed by atoms with Crippen molar-refractivity contribution in [1.82, 2.24) is 0 Å².